The third-order valence-corrected chi connectivity index (χ3v) is 3.34. The van der Waals surface area contributed by atoms with Crippen molar-refractivity contribution in [3.8, 4) is 0 Å². The van der Waals surface area contributed by atoms with Gasteiger partial charge in [-0.3, -0.25) is 0 Å². The molecule has 1 heterocycles. The molecule has 0 atom stereocenters. The maximum Gasteiger partial charge on any atom is 0.148 e. The van der Waals surface area contributed by atoms with Crippen molar-refractivity contribution in [1.29, 1.82) is 0 Å². The molecule has 1 aromatic rings. The summed E-state index contributed by atoms with van der Waals surface area (Å²) in [6.07, 6.45) is 2.86. The van der Waals surface area contributed by atoms with Crippen molar-refractivity contribution in [1.82, 2.24) is 9.78 Å². The third kappa shape index (κ3) is 1.87. The summed E-state index contributed by atoms with van der Waals surface area (Å²) in [6.45, 7) is 5.25. The summed E-state index contributed by atoms with van der Waals surface area (Å²) in [5, 5.41) is 17.5. The maximum atomic E-state index is 10.00. The van der Waals surface area contributed by atoms with Gasteiger partial charge in [0.25, 0.3) is 0 Å². The van der Waals surface area contributed by atoms with E-state index in [4.69, 9.17) is 5.73 Å². The minimum absolute atomic E-state index is 0.539. The molecule has 1 aliphatic rings. The molecule has 1 aromatic heterocycles. The van der Waals surface area contributed by atoms with Crippen LogP contribution in [0.25, 0.3) is 0 Å². The van der Waals surface area contributed by atoms with E-state index in [1.807, 2.05) is 18.5 Å². The number of aliphatic hydroxyl groups is 1. The first-order valence-electron chi connectivity index (χ1n) is 5.85. The summed E-state index contributed by atoms with van der Waals surface area (Å²) in [6, 6.07) is 0. The van der Waals surface area contributed by atoms with Gasteiger partial charge in [-0.25, -0.2) is 4.68 Å². The summed E-state index contributed by atoms with van der Waals surface area (Å²) in [5.74, 6) is 0.834. The number of nitrogens with zero attached hydrogens (tertiary/aromatic N) is 2. The lowest BCUT2D eigenvalue weighted by atomic mass is 9.80. The summed E-state index contributed by atoms with van der Waals surface area (Å²) in [7, 11) is 0. The normalized spacial score (nSPS) is 18.2. The predicted octanol–water partition coefficient (Wildman–Crippen LogP) is 1.12. The van der Waals surface area contributed by atoms with Crippen LogP contribution in [0.1, 0.15) is 31.9 Å². The van der Waals surface area contributed by atoms with E-state index in [2.05, 4.69) is 10.4 Å². The zero-order valence-corrected chi connectivity index (χ0v) is 9.95. The summed E-state index contributed by atoms with van der Waals surface area (Å²) < 4.78 is 1.84. The molecule has 0 unspecified atom stereocenters. The molecular weight excluding hydrogens is 204 g/mol. The van der Waals surface area contributed by atoms with Gasteiger partial charge in [0.15, 0.2) is 0 Å². The highest BCUT2D eigenvalue weighted by molar-refractivity contribution is 5.64. The van der Waals surface area contributed by atoms with Crippen molar-refractivity contribution < 1.29 is 5.11 Å². The van der Waals surface area contributed by atoms with Crippen LogP contribution in [0.4, 0.5) is 11.5 Å². The Kier molecular flexibility index (Phi) is 2.80. The Morgan fingerprint density at radius 1 is 1.56 bits per heavy atom. The number of rotatable bonds is 4. The second-order valence-electron chi connectivity index (χ2n) is 4.59. The fraction of sp³-hybridized carbons (Fsp3) is 0.727. The highest BCUT2D eigenvalue weighted by Crippen LogP contribution is 2.32. The fourth-order valence-electron chi connectivity index (χ4n) is 2.02. The largest absolute Gasteiger partial charge is 0.394 e. The van der Waals surface area contributed by atoms with Gasteiger partial charge in [-0.1, -0.05) is 0 Å². The Morgan fingerprint density at radius 2 is 2.25 bits per heavy atom. The lowest BCUT2D eigenvalue weighted by molar-refractivity contribution is -0.0203. The van der Waals surface area contributed by atoms with Crippen molar-refractivity contribution >= 4 is 11.5 Å². The number of nitrogens with one attached hydrogen (secondary N) is 1. The van der Waals surface area contributed by atoms with E-state index in [0.717, 1.165) is 37.3 Å². The van der Waals surface area contributed by atoms with Gasteiger partial charge < -0.3 is 16.2 Å². The minimum Gasteiger partial charge on any atom is -0.394 e. The smallest absolute Gasteiger partial charge is 0.148 e. The quantitative estimate of drug-likeness (QED) is 0.716. The highest BCUT2D eigenvalue weighted by Gasteiger charge is 2.34. The van der Waals surface area contributed by atoms with Crippen molar-refractivity contribution in [3.05, 3.63) is 5.69 Å². The molecule has 1 saturated carbocycles. The first-order chi connectivity index (χ1) is 7.56. The van der Waals surface area contributed by atoms with Crippen LogP contribution in [0, 0.1) is 6.92 Å². The van der Waals surface area contributed by atoms with Crippen molar-refractivity contribution in [2.45, 2.75) is 45.3 Å². The van der Waals surface area contributed by atoms with E-state index >= 15 is 0 Å². The van der Waals surface area contributed by atoms with E-state index in [0.29, 0.717) is 12.2 Å². The molecule has 1 aliphatic carbocycles. The van der Waals surface area contributed by atoms with Gasteiger partial charge in [-0.05, 0) is 33.1 Å². The first kappa shape index (κ1) is 11.3. The Morgan fingerprint density at radius 3 is 2.75 bits per heavy atom. The molecule has 16 heavy (non-hydrogen) atoms. The monoisotopic (exact) mass is 224 g/mol. The van der Waals surface area contributed by atoms with Crippen molar-refractivity contribution in [3.63, 3.8) is 0 Å². The maximum absolute atomic E-state index is 10.00. The van der Waals surface area contributed by atoms with E-state index in [9.17, 15) is 5.11 Å². The summed E-state index contributed by atoms with van der Waals surface area (Å²) in [5.41, 5.74) is 6.92. The Hall–Kier alpha value is -1.23. The molecular formula is C11H20N4O. The van der Waals surface area contributed by atoms with Crippen LogP contribution in [0.3, 0.4) is 0 Å². The van der Waals surface area contributed by atoms with Crippen LogP contribution in [0.5, 0.6) is 0 Å². The molecule has 0 spiro atoms. The number of hydrogen-bond donors (Lipinski definition) is 3. The van der Waals surface area contributed by atoms with Crippen LogP contribution in [0.15, 0.2) is 0 Å². The van der Waals surface area contributed by atoms with Crippen LogP contribution in [-0.2, 0) is 6.54 Å². The lowest BCUT2D eigenvalue weighted by Crippen LogP contribution is -2.43. The number of anilines is 2. The first-order valence-corrected chi connectivity index (χ1v) is 5.85. The molecule has 5 nitrogen and oxygen atoms in total. The number of nitrogens with two attached hydrogens (primary N) is 1. The zero-order valence-electron chi connectivity index (χ0n) is 9.95. The van der Waals surface area contributed by atoms with Gasteiger partial charge in [-0.15, -0.1) is 0 Å². The lowest BCUT2D eigenvalue weighted by Gasteiger charge is -2.36. The molecule has 1 fully saturated rings. The minimum atomic E-state index is -0.539. The molecule has 0 bridgehead atoms. The van der Waals surface area contributed by atoms with Gasteiger partial charge in [-0.2, -0.15) is 5.10 Å². The van der Waals surface area contributed by atoms with E-state index < -0.39 is 5.60 Å². The molecule has 2 rings (SSSR count). The van der Waals surface area contributed by atoms with Crippen LogP contribution >= 0.6 is 0 Å². The molecule has 0 radical (unpaired) electrons. The van der Waals surface area contributed by atoms with E-state index in [1.165, 1.54) is 0 Å². The van der Waals surface area contributed by atoms with Gasteiger partial charge in [0.2, 0.25) is 0 Å². The fourth-order valence-corrected chi connectivity index (χ4v) is 2.02. The summed E-state index contributed by atoms with van der Waals surface area (Å²) >= 11 is 0. The summed E-state index contributed by atoms with van der Waals surface area (Å²) in [4.78, 5) is 0. The molecule has 4 N–H and O–H groups in total. The third-order valence-electron chi connectivity index (χ3n) is 3.34. The molecule has 0 aromatic carbocycles. The average molecular weight is 224 g/mol. The van der Waals surface area contributed by atoms with Crippen LogP contribution in [0.2, 0.25) is 0 Å². The Balaban J connectivity index is 2.08. The Bertz CT molecular complexity index is 382. The average Bonchev–Trinajstić information content (AvgIpc) is 2.50. The topological polar surface area (TPSA) is 76.1 Å². The molecule has 90 valence electrons. The molecule has 0 amide bonds. The number of aryl methyl sites for hydroxylation is 2. The van der Waals surface area contributed by atoms with E-state index in [-0.39, 0.29) is 0 Å². The second-order valence-corrected chi connectivity index (χ2v) is 4.59. The number of hydrogen-bond acceptors (Lipinski definition) is 4. The molecule has 0 aliphatic heterocycles. The highest BCUT2D eigenvalue weighted by atomic mass is 16.3. The SMILES string of the molecule is CCn1nc(C)c(N)c1NCC1(O)CCC1. The Labute approximate surface area is 95.6 Å². The van der Waals surface area contributed by atoms with Crippen LogP contribution < -0.4 is 11.1 Å². The molecule has 0 saturated heterocycles. The predicted molar refractivity (Wildman–Crippen MR) is 64.3 cm³/mol. The number of aromatic nitrogens is 2. The number of nitrogen functional groups attached to an aromatic ring is 1. The molecule has 5 heteroatoms. The van der Waals surface area contributed by atoms with Crippen LogP contribution in [-0.4, -0.2) is 27.0 Å². The van der Waals surface area contributed by atoms with Crippen molar-refractivity contribution in [2.75, 3.05) is 17.6 Å². The second kappa shape index (κ2) is 3.97. The van der Waals surface area contributed by atoms with Gasteiger partial charge >= 0.3 is 0 Å². The standard InChI is InChI=1S/C11H20N4O/c1-3-15-10(9(12)8(2)14-15)13-7-11(16)5-4-6-11/h13,16H,3-7,12H2,1-2H3. The zero-order chi connectivity index (χ0) is 11.8. The van der Waals surface area contributed by atoms with Gasteiger partial charge in [0, 0.05) is 13.1 Å². The van der Waals surface area contributed by atoms with Gasteiger partial charge in [0.05, 0.1) is 17.0 Å². The van der Waals surface area contributed by atoms with Crippen molar-refractivity contribution in [2.24, 2.45) is 0 Å². The van der Waals surface area contributed by atoms with E-state index in [1.54, 1.807) is 0 Å². The van der Waals surface area contributed by atoms with Gasteiger partial charge in [0.1, 0.15) is 5.82 Å².